The smallest absolute Gasteiger partial charge is 0.344 e. The standard InChI is InChI=1S/C21H24FNO4/c1-21(2,3)16-9-5-7-11-18(16)26-14-20(25)27-13-19(24)23-12-15-8-4-6-10-17(15)22/h4-11H,12-14H2,1-3H3,(H,23,24). The topological polar surface area (TPSA) is 64.6 Å². The summed E-state index contributed by atoms with van der Waals surface area (Å²) < 4.78 is 23.9. The van der Waals surface area contributed by atoms with E-state index in [0.29, 0.717) is 11.3 Å². The van der Waals surface area contributed by atoms with Gasteiger partial charge >= 0.3 is 5.97 Å². The largest absolute Gasteiger partial charge is 0.482 e. The van der Waals surface area contributed by atoms with Gasteiger partial charge in [-0.05, 0) is 23.1 Å². The molecule has 0 fully saturated rings. The fourth-order valence-corrected chi connectivity index (χ4v) is 2.42. The van der Waals surface area contributed by atoms with Crippen LogP contribution in [-0.4, -0.2) is 25.1 Å². The van der Waals surface area contributed by atoms with E-state index in [2.05, 4.69) is 5.32 Å². The average Bonchev–Trinajstić information content (AvgIpc) is 2.63. The Morgan fingerprint density at radius 3 is 2.37 bits per heavy atom. The second kappa shape index (κ2) is 9.16. The Morgan fingerprint density at radius 1 is 1.00 bits per heavy atom. The van der Waals surface area contributed by atoms with Gasteiger partial charge < -0.3 is 14.8 Å². The minimum atomic E-state index is -0.653. The van der Waals surface area contributed by atoms with Crippen molar-refractivity contribution in [3.05, 3.63) is 65.5 Å². The Morgan fingerprint density at radius 2 is 1.67 bits per heavy atom. The first-order chi connectivity index (χ1) is 12.8. The highest BCUT2D eigenvalue weighted by atomic mass is 19.1. The van der Waals surface area contributed by atoms with Crippen molar-refractivity contribution in [2.45, 2.75) is 32.7 Å². The third-order valence-corrected chi connectivity index (χ3v) is 3.84. The predicted molar refractivity (Wildman–Crippen MR) is 99.8 cm³/mol. The molecule has 2 aromatic rings. The van der Waals surface area contributed by atoms with Gasteiger partial charge in [0.05, 0.1) is 0 Å². The van der Waals surface area contributed by atoms with Gasteiger partial charge in [0.2, 0.25) is 0 Å². The number of hydrogen-bond donors (Lipinski definition) is 1. The molecule has 0 spiro atoms. The van der Waals surface area contributed by atoms with Gasteiger partial charge in [0.15, 0.2) is 13.2 Å². The highest BCUT2D eigenvalue weighted by molar-refractivity contribution is 5.80. The molecular weight excluding hydrogens is 349 g/mol. The minimum absolute atomic E-state index is 0.0263. The molecular formula is C21H24FNO4. The summed E-state index contributed by atoms with van der Waals surface area (Å²) in [4.78, 5) is 23.6. The van der Waals surface area contributed by atoms with Crippen LogP contribution in [0.2, 0.25) is 0 Å². The zero-order chi connectivity index (χ0) is 19.9. The van der Waals surface area contributed by atoms with Gasteiger partial charge in [0.25, 0.3) is 5.91 Å². The fraction of sp³-hybridized carbons (Fsp3) is 0.333. The van der Waals surface area contributed by atoms with Gasteiger partial charge in [-0.2, -0.15) is 0 Å². The van der Waals surface area contributed by atoms with Crippen LogP contribution < -0.4 is 10.1 Å². The van der Waals surface area contributed by atoms with E-state index in [0.717, 1.165) is 5.56 Å². The highest BCUT2D eigenvalue weighted by Gasteiger charge is 2.19. The van der Waals surface area contributed by atoms with Crippen molar-refractivity contribution in [3.8, 4) is 5.75 Å². The monoisotopic (exact) mass is 373 g/mol. The number of carbonyl (C=O) groups is 2. The normalized spacial score (nSPS) is 11.0. The Hall–Kier alpha value is -2.89. The van der Waals surface area contributed by atoms with Crippen LogP contribution in [0.4, 0.5) is 4.39 Å². The van der Waals surface area contributed by atoms with Crippen molar-refractivity contribution in [2.75, 3.05) is 13.2 Å². The van der Waals surface area contributed by atoms with Crippen molar-refractivity contribution in [1.29, 1.82) is 0 Å². The summed E-state index contributed by atoms with van der Waals surface area (Å²) in [6.07, 6.45) is 0. The van der Waals surface area contributed by atoms with Crippen molar-refractivity contribution >= 4 is 11.9 Å². The first kappa shape index (κ1) is 20.4. The van der Waals surface area contributed by atoms with E-state index in [-0.39, 0.29) is 18.6 Å². The van der Waals surface area contributed by atoms with Gasteiger partial charge in [-0.25, -0.2) is 9.18 Å². The molecule has 0 aliphatic carbocycles. The molecule has 1 amide bonds. The fourth-order valence-electron chi connectivity index (χ4n) is 2.42. The molecule has 0 saturated carbocycles. The number of esters is 1. The summed E-state index contributed by atoms with van der Waals surface area (Å²) >= 11 is 0. The quantitative estimate of drug-likeness (QED) is 0.756. The number of amides is 1. The second-order valence-electron chi connectivity index (χ2n) is 7.06. The molecule has 27 heavy (non-hydrogen) atoms. The lowest BCUT2D eigenvalue weighted by molar-refractivity contribution is -0.150. The predicted octanol–water partition coefficient (Wildman–Crippen LogP) is 3.36. The van der Waals surface area contributed by atoms with E-state index in [1.165, 1.54) is 6.07 Å². The molecule has 0 aliphatic rings. The van der Waals surface area contributed by atoms with E-state index in [4.69, 9.17) is 9.47 Å². The molecule has 0 bridgehead atoms. The zero-order valence-electron chi connectivity index (χ0n) is 15.8. The molecule has 0 heterocycles. The first-order valence-electron chi connectivity index (χ1n) is 8.65. The molecule has 0 saturated heterocycles. The van der Waals surface area contributed by atoms with E-state index in [1.807, 2.05) is 39.0 Å². The lowest BCUT2D eigenvalue weighted by Crippen LogP contribution is -2.29. The van der Waals surface area contributed by atoms with Crippen LogP contribution in [0.5, 0.6) is 5.75 Å². The number of benzene rings is 2. The maximum absolute atomic E-state index is 13.5. The third-order valence-electron chi connectivity index (χ3n) is 3.84. The van der Waals surface area contributed by atoms with Crippen LogP contribution in [0.25, 0.3) is 0 Å². The van der Waals surface area contributed by atoms with Crippen LogP contribution in [0.1, 0.15) is 31.9 Å². The number of nitrogens with one attached hydrogen (secondary N) is 1. The molecule has 2 aromatic carbocycles. The van der Waals surface area contributed by atoms with Crippen LogP contribution >= 0.6 is 0 Å². The summed E-state index contributed by atoms with van der Waals surface area (Å²) in [7, 11) is 0. The van der Waals surface area contributed by atoms with Crippen LogP contribution in [0.15, 0.2) is 48.5 Å². The molecule has 0 aliphatic heterocycles. The Kier molecular flexibility index (Phi) is 6.93. The molecule has 6 heteroatoms. The Balaban J connectivity index is 1.77. The second-order valence-corrected chi connectivity index (χ2v) is 7.06. The zero-order valence-corrected chi connectivity index (χ0v) is 15.8. The molecule has 0 radical (unpaired) electrons. The van der Waals surface area contributed by atoms with Crippen LogP contribution in [0, 0.1) is 5.82 Å². The molecule has 144 valence electrons. The van der Waals surface area contributed by atoms with E-state index in [9.17, 15) is 14.0 Å². The van der Waals surface area contributed by atoms with Gasteiger partial charge in [0.1, 0.15) is 11.6 Å². The number of para-hydroxylation sites is 1. The summed E-state index contributed by atoms with van der Waals surface area (Å²) in [6.45, 7) is 5.43. The van der Waals surface area contributed by atoms with Crippen molar-refractivity contribution < 1.29 is 23.5 Å². The number of hydrogen-bond acceptors (Lipinski definition) is 4. The average molecular weight is 373 g/mol. The van der Waals surface area contributed by atoms with E-state index < -0.39 is 24.3 Å². The van der Waals surface area contributed by atoms with Crippen molar-refractivity contribution in [1.82, 2.24) is 5.32 Å². The van der Waals surface area contributed by atoms with Crippen molar-refractivity contribution in [2.24, 2.45) is 0 Å². The molecule has 0 aromatic heterocycles. The summed E-state index contributed by atoms with van der Waals surface area (Å²) in [6, 6.07) is 13.6. The van der Waals surface area contributed by atoms with E-state index in [1.54, 1.807) is 24.3 Å². The minimum Gasteiger partial charge on any atom is -0.482 e. The first-order valence-corrected chi connectivity index (χ1v) is 8.65. The number of halogens is 1. The lowest BCUT2D eigenvalue weighted by Gasteiger charge is -2.22. The third kappa shape index (κ3) is 6.40. The lowest BCUT2D eigenvalue weighted by atomic mass is 9.86. The summed E-state index contributed by atoms with van der Waals surface area (Å²) in [5.41, 5.74) is 1.20. The SMILES string of the molecule is CC(C)(C)c1ccccc1OCC(=O)OCC(=O)NCc1ccccc1F. The molecule has 0 unspecified atom stereocenters. The molecule has 5 nitrogen and oxygen atoms in total. The molecule has 0 atom stereocenters. The maximum atomic E-state index is 13.5. The Labute approximate surface area is 158 Å². The Bertz CT molecular complexity index is 799. The van der Waals surface area contributed by atoms with Gasteiger partial charge in [-0.15, -0.1) is 0 Å². The molecule has 2 rings (SSSR count). The van der Waals surface area contributed by atoms with Crippen LogP contribution in [0.3, 0.4) is 0 Å². The van der Waals surface area contributed by atoms with Gasteiger partial charge in [-0.3, -0.25) is 4.79 Å². The van der Waals surface area contributed by atoms with Crippen LogP contribution in [-0.2, 0) is 26.3 Å². The van der Waals surface area contributed by atoms with E-state index >= 15 is 0 Å². The summed E-state index contributed by atoms with van der Waals surface area (Å²) in [5.74, 6) is -0.965. The number of rotatable bonds is 7. The molecule has 1 N–H and O–H groups in total. The van der Waals surface area contributed by atoms with Gasteiger partial charge in [-0.1, -0.05) is 57.2 Å². The number of ether oxygens (including phenoxy) is 2. The van der Waals surface area contributed by atoms with Crippen molar-refractivity contribution in [3.63, 3.8) is 0 Å². The highest BCUT2D eigenvalue weighted by Crippen LogP contribution is 2.30. The number of carbonyl (C=O) groups excluding carboxylic acids is 2. The summed E-state index contributed by atoms with van der Waals surface area (Å²) in [5, 5.41) is 2.50. The maximum Gasteiger partial charge on any atom is 0.344 e. The van der Waals surface area contributed by atoms with Gasteiger partial charge in [0, 0.05) is 12.1 Å².